The number of piperidine rings is 1. The highest BCUT2D eigenvalue weighted by Crippen LogP contribution is 2.48. The average molecular weight is 602 g/mol. The largest absolute Gasteiger partial charge is 0.496 e. The highest BCUT2D eigenvalue weighted by Gasteiger charge is 2.50. The SMILES string of the molecule is COc1ccc(Cl)cc1-c1ccc(C(F)(F)F)cc1[C@@H]1CCC[C@H]2[C@@H](C3=CC(C(F)(F)F)=CC(F)=CC3)OC(=O)N12. The van der Waals surface area contributed by atoms with Gasteiger partial charge in [-0.05, 0) is 90.9 Å². The molecule has 3 aliphatic rings. The number of alkyl halides is 6. The molecule has 2 aliphatic heterocycles. The number of cyclic esters (lactones) is 1. The fourth-order valence-corrected chi connectivity index (χ4v) is 5.87. The first kappa shape index (κ1) is 29.0. The van der Waals surface area contributed by atoms with Crippen LogP contribution < -0.4 is 4.74 Å². The first-order valence-corrected chi connectivity index (χ1v) is 13.0. The Morgan fingerprint density at radius 1 is 0.976 bits per heavy atom. The summed E-state index contributed by atoms with van der Waals surface area (Å²) in [6.45, 7) is 0. The zero-order valence-corrected chi connectivity index (χ0v) is 22.2. The lowest BCUT2D eigenvalue weighted by molar-refractivity contribution is -0.137. The van der Waals surface area contributed by atoms with Crippen LogP contribution in [0, 0.1) is 0 Å². The van der Waals surface area contributed by atoms with E-state index in [4.69, 9.17) is 21.1 Å². The molecule has 2 saturated heterocycles. The summed E-state index contributed by atoms with van der Waals surface area (Å²) in [4.78, 5) is 14.6. The van der Waals surface area contributed by atoms with Crippen LogP contribution in [0.15, 0.2) is 71.6 Å². The summed E-state index contributed by atoms with van der Waals surface area (Å²) in [6, 6.07) is 6.18. The molecule has 1 amide bonds. The molecule has 4 nitrogen and oxygen atoms in total. The summed E-state index contributed by atoms with van der Waals surface area (Å²) in [5.41, 5.74) is -1.20. The zero-order valence-electron chi connectivity index (χ0n) is 21.5. The lowest BCUT2D eigenvalue weighted by Crippen LogP contribution is -2.43. The second-order valence-corrected chi connectivity index (χ2v) is 10.4. The maximum absolute atomic E-state index is 14.0. The number of benzene rings is 2. The summed E-state index contributed by atoms with van der Waals surface area (Å²) < 4.78 is 107. The predicted octanol–water partition coefficient (Wildman–Crippen LogP) is 9.12. The van der Waals surface area contributed by atoms with E-state index in [1.807, 2.05) is 0 Å². The highest BCUT2D eigenvalue weighted by atomic mass is 35.5. The second kappa shape index (κ2) is 10.7. The van der Waals surface area contributed by atoms with E-state index in [1.54, 1.807) is 18.2 Å². The number of fused-ring (bicyclic) bond motifs is 1. The van der Waals surface area contributed by atoms with Crippen LogP contribution in [0.2, 0.25) is 5.02 Å². The first-order chi connectivity index (χ1) is 19.3. The molecule has 0 unspecified atom stereocenters. The number of ether oxygens (including phenoxy) is 2. The number of amides is 1. The van der Waals surface area contributed by atoms with Gasteiger partial charge in [-0.2, -0.15) is 26.3 Å². The van der Waals surface area contributed by atoms with Crippen molar-refractivity contribution >= 4 is 17.7 Å². The fourth-order valence-electron chi connectivity index (χ4n) is 5.70. The molecule has 0 aromatic heterocycles. The lowest BCUT2D eigenvalue weighted by Gasteiger charge is -2.38. The van der Waals surface area contributed by atoms with E-state index in [-0.39, 0.29) is 24.0 Å². The normalized spacial score (nSPS) is 23.2. The van der Waals surface area contributed by atoms with E-state index in [9.17, 15) is 35.5 Å². The Balaban J connectivity index is 1.60. The van der Waals surface area contributed by atoms with Crippen LogP contribution in [0.25, 0.3) is 11.1 Å². The van der Waals surface area contributed by atoms with Gasteiger partial charge in [-0.15, -0.1) is 0 Å². The fraction of sp³-hybridized carbons (Fsp3) is 0.345. The van der Waals surface area contributed by atoms with Crippen LogP contribution in [-0.4, -0.2) is 36.4 Å². The van der Waals surface area contributed by atoms with E-state index in [1.165, 1.54) is 18.1 Å². The Kier molecular flexibility index (Phi) is 7.61. The number of nitrogens with zero attached hydrogens (tertiary/aromatic N) is 1. The molecule has 0 N–H and O–H groups in total. The van der Waals surface area contributed by atoms with E-state index in [0.717, 1.165) is 24.3 Å². The first-order valence-electron chi connectivity index (χ1n) is 12.7. The van der Waals surface area contributed by atoms with Crippen molar-refractivity contribution in [2.24, 2.45) is 0 Å². The Labute approximate surface area is 235 Å². The maximum Gasteiger partial charge on any atom is 0.416 e. The molecule has 3 atom stereocenters. The molecule has 0 spiro atoms. The van der Waals surface area contributed by atoms with Gasteiger partial charge < -0.3 is 9.47 Å². The van der Waals surface area contributed by atoms with Crippen molar-refractivity contribution in [2.45, 2.75) is 56.2 Å². The van der Waals surface area contributed by atoms with Gasteiger partial charge in [0.2, 0.25) is 0 Å². The smallest absolute Gasteiger partial charge is 0.416 e. The third kappa shape index (κ3) is 5.68. The Morgan fingerprint density at radius 3 is 2.41 bits per heavy atom. The number of hydrogen-bond acceptors (Lipinski definition) is 3. The van der Waals surface area contributed by atoms with E-state index in [2.05, 4.69) is 0 Å². The van der Waals surface area contributed by atoms with Gasteiger partial charge >= 0.3 is 18.4 Å². The van der Waals surface area contributed by atoms with E-state index in [0.29, 0.717) is 40.8 Å². The van der Waals surface area contributed by atoms with Gasteiger partial charge in [0.25, 0.3) is 0 Å². The monoisotopic (exact) mass is 601 g/mol. The molecule has 2 aromatic carbocycles. The van der Waals surface area contributed by atoms with Crippen LogP contribution in [0.1, 0.15) is 42.9 Å². The third-order valence-electron chi connectivity index (χ3n) is 7.51. The number of allylic oxidation sites excluding steroid dienone is 5. The molecule has 5 rings (SSSR count). The topological polar surface area (TPSA) is 38.8 Å². The summed E-state index contributed by atoms with van der Waals surface area (Å²) >= 11 is 6.21. The number of carbonyl (C=O) groups is 1. The van der Waals surface area contributed by atoms with Gasteiger partial charge in [-0.1, -0.05) is 17.7 Å². The van der Waals surface area contributed by atoms with Gasteiger partial charge in [0.1, 0.15) is 17.7 Å². The lowest BCUT2D eigenvalue weighted by atomic mass is 9.83. The minimum Gasteiger partial charge on any atom is -0.496 e. The van der Waals surface area contributed by atoms with Gasteiger partial charge in [-0.25, -0.2) is 9.18 Å². The van der Waals surface area contributed by atoms with Gasteiger partial charge in [0.15, 0.2) is 0 Å². The number of hydrogen-bond donors (Lipinski definition) is 0. The predicted molar refractivity (Wildman–Crippen MR) is 137 cm³/mol. The van der Waals surface area contributed by atoms with Crippen LogP contribution >= 0.6 is 11.6 Å². The average Bonchev–Trinajstić information content (AvgIpc) is 3.11. The molecule has 12 heteroatoms. The molecule has 1 aliphatic carbocycles. The van der Waals surface area contributed by atoms with Crippen LogP contribution in [-0.2, 0) is 10.9 Å². The highest BCUT2D eigenvalue weighted by molar-refractivity contribution is 6.31. The van der Waals surface area contributed by atoms with E-state index >= 15 is 0 Å². The summed E-state index contributed by atoms with van der Waals surface area (Å²) in [5, 5.41) is 0.308. The molecule has 2 aromatic rings. The van der Waals surface area contributed by atoms with Crippen LogP contribution in [0.5, 0.6) is 5.75 Å². The van der Waals surface area contributed by atoms with Crippen molar-refractivity contribution in [3.63, 3.8) is 0 Å². The van der Waals surface area contributed by atoms with Crippen molar-refractivity contribution < 1.29 is 45.0 Å². The number of halogens is 8. The molecule has 218 valence electrons. The van der Waals surface area contributed by atoms with Crippen molar-refractivity contribution in [1.82, 2.24) is 4.90 Å². The Morgan fingerprint density at radius 2 is 1.73 bits per heavy atom. The molecule has 0 saturated carbocycles. The molecular formula is C29H23ClF7NO3. The number of rotatable bonds is 4. The molecule has 0 bridgehead atoms. The minimum atomic E-state index is -4.85. The summed E-state index contributed by atoms with van der Waals surface area (Å²) in [6.07, 6.45) is -8.61. The molecule has 41 heavy (non-hydrogen) atoms. The molecule has 0 radical (unpaired) electrons. The standard InChI is InChI=1S/C29H23ClF7NO3/c1-40-25-10-7-18(30)14-22(25)20-9-6-16(28(32,33)34)13-21(20)23-3-2-4-24-26(41-27(39)38(23)24)15-5-8-19(31)12-17(11-15)29(35,36)37/h6-14,23-24,26H,2-5H2,1H3/t23-,24-,26+/m0/s1. The van der Waals surface area contributed by atoms with Crippen molar-refractivity contribution in [1.29, 1.82) is 0 Å². The zero-order chi connectivity index (χ0) is 29.7. The second-order valence-electron chi connectivity index (χ2n) is 9.98. The van der Waals surface area contributed by atoms with Gasteiger partial charge in [-0.3, -0.25) is 4.90 Å². The number of methoxy groups -OCH3 is 1. The number of carbonyl (C=O) groups excluding carboxylic acids is 1. The Hall–Kier alpha value is -3.47. The van der Waals surface area contributed by atoms with Crippen LogP contribution in [0.3, 0.4) is 0 Å². The van der Waals surface area contributed by atoms with Gasteiger partial charge in [0, 0.05) is 10.6 Å². The van der Waals surface area contributed by atoms with Gasteiger partial charge in [0.05, 0.1) is 30.3 Å². The quantitative estimate of drug-likeness (QED) is 0.328. The molecule has 2 heterocycles. The Bertz CT molecular complexity index is 1460. The van der Waals surface area contributed by atoms with Crippen molar-refractivity contribution in [3.8, 4) is 16.9 Å². The molecule has 2 fully saturated rings. The third-order valence-corrected chi connectivity index (χ3v) is 7.74. The van der Waals surface area contributed by atoms with Crippen molar-refractivity contribution in [2.75, 3.05) is 7.11 Å². The summed E-state index contributed by atoms with van der Waals surface area (Å²) in [7, 11) is 1.40. The minimum absolute atomic E-state index is 0.0449. The van der Waals surface area contributed by atoms with Crippen LogP contribution in [0.4, 0.5) is 35.5 Å². The maximum atomic E-state index is 14.0. The van der Waals surface area contributed by atoms with Crippen molar-refractivity contribution in [3.05, 3.63) is 87.7 Å². The molecular weight excluding hydrogens is 579 g/mol. The summed E-state index contributed by atoms with van der Waals surface area (Å²) in [5.74, 6) is -0.733. The van der Waals surface area contributed by atoms with E-state index < -0.39 is 53.6 Å².